The third kappa shape index (κ3) is 27.5. The molecule has 4 nitrogen and oxygen atoms in total. The standard InChI is InChI=1S/2C9H20N2.Co/c1-8(2,3)10-7-11-9(4,5)6;1-5-10-8(3)7-9(4)11-6-2;/h7H2,1-6H3;8-9H,5-7H2,1-4H3;/q2*-2;. The second-order valence-electron chi connectivity index (χ2n) is 7.73. The second kappa shape index (κ2) is 14.7. The van der Waals surface area contributed by atoms with Gasteiger partial charge in [-0.25, -0.2) is 0 Å². The van der Waals surface area contributed by atoms with Crippen molar-refractivity contribution in [3.8, 4) is 0 Å². The number of rotatable bonds is 8. The fourth-order valence-electron chi connectivity index (χ4n) is 1.73. The third-order valence-corrected chi connectivity index (χ3v) is 2.76. The summed E-state index contributed by atoms with van der Waals surface area (Å²) < 4.78 is 0. The topological polar surface area (TPSA) is 56.4 Å². The van der Waals surface area contributed by atoms with Gasteiger partial charge in [0, 0.05) is 16.8 Å². The van der Waals surface area contributed by atoms with Crippen LogP contribution in [0.2, 0.25) is 0 Å². The molecule has 0 N–H and O–H groups in total. The maximum absolute atomic E-state index is 4.39. The molecule has 145 valence electrons. The molecule has 0 bridgehead atoms. The van der Waals surface area contributed by atoms with Crippen molar-refractivity contribution in [2.75, 3.05) is 19.8 Å². The van der Waals surface area contributed by atoms with E-state index in [-0.39, 0.29) is 27.9 Å². The van der Waals surface area contributed by atoms with E-state index in [0.29, 0.717) is 18.8 Å². The van der Waals surface area contributed by atoms with E-state index < -0.39 is 0 Å². The molecule has 23 heavy (non-hydrogen) atoms. The summed E-state index contributed by atoms with van der Waals surface area (Å²) in [5, 5.41) is 17.5. The zero-order valence-electron chi connectivity index (χ0n) is 17.1. The maximum Gasteiger partial charge on any atom is 0 e. The van der Waals surface area contributed by atoms with E-state index in [4.69, 9.17) is 0 Å². The minimum Gasteiger partial charge on any atom is -0.676 e. The fraction of sp³-hybridized carbons (Fsp3) is 1.00. The Hall–Kier alpha value is 0.346. The Labute approximate surface area is 156 Å². The number of hydrogen-bond acceptors (Lipinski definition) is 0. The predicted octanol–water partition coefficient (Wildman–Crippen LogP) is 6.23. The van der Waals surface area contributed by atoms with Crippen molar-refractivity contribution in [1.29, 1.82) is 0 Å². The second-order valence-corrected chi connectivity index (χ2v) is 7.73. The van der Waals surface area contributed by atoms with Crippen LogP contribution in [0.25, 0.3) is 21.3 Å². The molecule has 5 heteroatoms. The van der Waals surface area contributed by atoms with Gasteiger partial charge in [0.15, 0.2) is 0 Å². The van der Waals surface area contributed by atoms with Gasteiger partial charge >= 0.3 is 0 Å². The van der Waals surface area contributed by atoms with Crippen LogP contribution < -0.4 is 0 Å². The van der Waals surface area contributed by atoms with Crippen LogP contribution >= 0.6 is 0 Å². The first kappa shape index (κ1) is 28.2. The largest absolute Gasteiger partial charge is 0.676 e. The van der Waals surface area contributed by atoms with Gasteiger partial charge in [-0.3, -0.25) is 6.67 Å². The molecule has 0 aliphatic carbocycles. The molecule has 2 unspecified atom stereocenters. The van der Waals surface area contributed by atoms with E-state index in [0.717, 1.165) is 19.5 Å². The van der Waals surface area contributed by atoms with Gasteiger partial charge < -0.3 is 21.3 Å². The average molecular weight is 371 g/mol. The predicted molar refractivity (Wildman–Crippen MR) is 102 cm³/mol. The Morgan fingerprint density at radius 2 is 1.00 bits per heavy atom. The van der Waals surface area contributed by atoms with Crippen LogP contribution in [-0.2, 0) is 16.8 Å². The van der Waals surface area contributed by atoms with Gasteiger partial charge in [-0.05, 0) is 0 Å². The monoisotopic (exact) mass is 371 g/mol. The molecule has 0 saturated heterocycles. The normalized spacial score (nSPS) is 14.3. The summed E-state index contributed by atoms with van der Waals surface area (Å²) in [6, 6.07) is 0.954. The summed E-state index contributed by atoms with van der Waals surface area (Å²) in [5.74, 6) is 0. The van der Waals surface area contributed by atoms with Crippen molar-refractivity contribution in [1.82, 2.24) is 0 Å². The molecule has 0 aromatic carbocycles. The van der Waals surface area contributed by atoms with Crippen molar-refractivity contribution < 1.29 is 16.8 Å². The Balaban J connectivity index is -0.000000333. The third-order valence-electron chi connectivity index (χ3n) is 2.76. The first-order chi connectivity index (χ1) is 9.91. The van der Waals surface area contributed by atoms with Crippen LogP contribution in [0.4, 0.5) is 0 Å². The Morgan fingerprint density at radius 3 is 1.22 bits per heavy atom. The average Bonchev–Trinajstić information content (AvgIpc) is 2.26. The Kier molecular flexibility index (Phi) is 18.0. The summed E-state index contributed by atoms with van der Waals surface area (Å²) in [5.41, 5.74) is 0.101. The summed E-state index contributed by atoms with van der Waals surface area (Å²) in [6.07, 6.45) is 1.10. The SMILES string of the molecule is CC(C)(C)[N-]C[N-]C(C)(C)C.CC[N-]C(C)CC(C)[N-]CC.[Co]. The summed E-state index contributed by atoms with van der Waals surface area (Å²) in [6.45, 7) is 23.5. The van der Waals surface area contributed by atoms with Crippen LogP contribution in [0.1, 0.15) is 75.7 Å². The molecular weight excluding hydrogens is 331 g/mol. The van der Waals surface area contributed by atoms with Crippen molar-refractivity contribution in [2.45, 2.75) is 98.8 Å². The molecule has 0 fully saturated rings. The van der Waals surface area contributed by atoms with Crippen LogP contribution in [0.15, 0.2) is 0 Å². The molecule has 0 aromatic heterocycles. The summed E-state index contributed by atoms with van der Waals surface area (Å²) >= 11 is 0. The van der Waals surface area contributed by atoms with Crippen LogP contribution in [0.5, 0.6) is 0 Å². The molecule has 0 saturated carbocycles. The van der Waals surface area contributed by atoms with Crippen molar-refractivity contribution in [3.05, 3.63) is 21.3 Å². The van der Waals surface area contributed by atoms with Crippen LogP contribution in [0, 0.1) is 0 Å². The minimum atomic E-state index is 0. The van der Waals surface area contributed by atoms with E-state index >= 15 is 0 Å². The minimum absolute atomic E-state index is 0. The van der Waals surface area contributed by atoms with Gasteiger partial charge in [-0.15, -0.1) is 23.2 Å². The smallest absolute Gasteiger partial charge is 0 e. The first-order valence-electron chi connectivity index (χ1n) is 8.61. The molecule has 0 aliphatic rings. The summed E-state index contributed by atoms with van der Waals surface area (Å²) in [4.78, 5) is 0. The van der Waals surface area contributed by atoms with Gasteiger partial charge in [0.2, 0.25) is 0 Å². The maximum atomic E-state index is 4.39. The van der Waals surface area contributed by atoms with Gasteiger partial charge in [0.1, 0.15) is 0 Å². The molecule has 2 atom stereocenters. The van der Waals surface area contributed by atoms with Crippen LogP contribution in [0.3, 0.4) is 0 Å². The van der Waals surface area contributed by atoms with E-state index in [1.165, 1.54) is 0 Å². The Morgan fingerprint density at radius 1 is 0.696 bits per heavy atom. The molecule has 0 aromatic rings. The molecular formula is C18H40CoN4-4. The van der Waals surface area contributed by atoms with Gasteiger partial charge in [0.25, 0.3) is 0 Å². The number of hydrogen-bond donors (Lipinski definition) is 0. The fourth-order valence-corrected chi connectivity index (χ4v) is 1.73. The van der Waals surface area contributed by atoms with Gasteiger partial charge in [0.05, 0.1) is 0 Å². The van der Waals surface area contributed by atoms with Crippen molar-refractivity contribution >= 4 is 0 Å². The zero-order chi connectivity index (χ0) is 17.8. The zero-order valence-corrected chi connectivity index (χ0v) is 18.1. The molecule has 1 radical (unpaired) electrons. The summed E-state index contributed by atoms with van der Waals surface area (Å²) in [7, 11) is 0. The Bertz CT molecular complexity index is 222. The molecule has 0 amide bonds. The number of nitrogens with zero attached hydrogens (tertiary/aromatic N) is 4. The van der Waals surface area contributed by atoms with Gasteiger partial charge in [-0.2, -0.15) is 13.1 Å². The molecule has 0 aliphatic heterocycles. The van der Waals surface area contributed by atoms with Crippen LogP contribution in [-0.4, -0.2) is 42.9 Å². The van der Waals surface area contributed by atoms with E-state index in [2.05, 4.69) is 90.5 Å². The van der Waals surface area contributed by atoms with E-state index in [1.807, 2.05) is 0 Å². The van der Waals surface area contributed by atoms with E-state index in [9.17, 15) is 0 Å². The van der Waals surface area contributed by atoms with Gasteiger partial charge in [-0.1, -0.05) is 75.7 Å². The van der Waals surface area contributed by atoms with Crippen molar-refractivity contribution in [2.24, 2.45) is 0 Å². The molecule has 0 rings (SSSR count). The quantitative estimate of drug-likeness (QED) is 0.486. The van der Waals surface area contributed by atoms with E-state index in [1.54, 1.807) is 0 Å². The first-order valence-corrected chi connectivity index (χ1v) is 8.61. The molecule has 0 heterocycles. The van der Waals surface area contributed by atoms with Crippen molar-refractivity contribution in [3.63, 3.8) is 0 Å². The molecule has 0 spiro atoms.